The number of carbonyl (C=O) groups excluding carboxylic acids is 1. The topological polar surface area (TPSA) is 75.3 Å². The molecule has 2 rings (SSSR count). The van der Waals surface area contributed by atoms with E-state index in [1.165, 1.54) is 6.07 Å². The number of hydrogen-bond donors (Lipinski definition) is 3. The summed E-state index contributed by atoms with van der Waals surface area (Å²) >= 11 is 0. The monoisotopic (exact) mass is 404 g/mol. The number of rotatable bonds is 9. The second-order valence-electron chi connectivity index (χ2n) is 5.00. The van der Waals surface area contributed by atoms with Gasteiger partial charge in [-0.1, -0.05) is 12.1 Å². The summed E-state index contributed by atoms with van der Waals surface area (Å²) in [5.41, 5.74) is 0.629. The minimum absolute atomic E-state index is 0. The molecule has 1 aromatic carbocycles. The molecular formula is C17H23Cl2FN4O2. The van der Waals surface area contributed by atoms with Crippen LogP contribution in [0.1, 0.15) is 10.4 Å². The first kappa shape index (κ1) is 24.1. The van der Waals surface area contributed by atoms with Gasteiger partial charge < -0.3 is 20.7 Å². The molecule has 1 amide bonds. The van der Waals surface area contributed by atoms with Crippen LogP contribution in [-0.2, 0) is 4.74 Å². The number of nitrogens with one attached hydrogen (secondary N) is 3. The molecule has 0 saturated heterocycles. The number of ether oxygens (including phenoxy) is 1. The lowest BCUT2D eigenvalue weighted by molar-refractivity contribution is 0.0954. The third-order valence-electron chi connectivity index (χ3n) is 3.25. The summed E-state index contributed by atoms with van der Waals surface area (Å²) in [6, 6.07) is 9.55. The number of anilines is 2. The number of methoxy groups -OCH3 is 1. The molecular weight excluding hydrogens is 382 g/mol. The van der Waals surface area contributed by atoms with Crippen molar-refractivity contribution < 1.29 is 13.9 Å². The predicted octanol–water partition coefficient (Wildman–Crippen LogP) is 2.77. The molecule has 0 spiro atoms. The largest absolute Gasteiger partial charge is 0.383 e. The maximum atomic E-state index is 13.7. The third kappa shape index (κ3) is 7.53. The molecule has 1 aromatic heterocycles. The van der Waals surface area contributed by atoms with Gasteiger partial charge in [0.05, 0.1) is 17.9 Å². The van der Waals surface area contributed by atoms with Crippen LogP contribution in [0.25, 0.3) is 0 Å². The second kappa shape index (κ2) is 13.3. The smallest absolute Gasteiger partial charge is 0.255 e. The van der Waals surface area contributed by atoms with E-state index >= 15 is 0 Å². The van der Waals surface area contributed by atoms with Gasteiger partial charge in [-0.3, -0.25) is 4.79 Å². The Labute approximate surface area is 164 Å². The van der Waals surface area contributed by atoms with Gasteiger partial charge in [0, 0.05) is 32.9 Å². The van der Waals surface area contributed by atoms with Gasteiger partial charge in [0.1, 0.15) is 11.6 Å². The first-order chi connectivity index (χ1) is 11.7. The van der Waals surface area contributed by atoms with E-state index in [4.69, 9.17) is 4.74 Å². The summed E-state index contributed by atoms with van der Waals surface area (Å²) in [7, 11) is 1.63. The molecule has 3 N–H and O–H groups in total. The first-order valence-corrected chi connectivity index (χ1v) is 7.67. The highest BCUT2D eigenvalue weighted by Crippen LogP contribution is 2.20. The van der Waals surface area contributed by atoms with Crippen LogP contribution in [-0.4, -0.2) is 44.2 Å². The molecule has 0 unspecified atom stereocenters. The highest BCUT2D eigenvalue weighted by molar-refractivity contribution is 5.99. The Morgan fingerprint density at radius 3 is 2.62 bits per heavy atom. The molecule has 2 aromatic rings. The zero-order valence-electron chi connectivity index (χ0n) is 14.3. The van der Waals surface area contributed by atoms with Gasteiger partial charge in [-0.25, -0.2) is 9.37 Å². The van der Waals surface area contributed by atoms with E-state index in [1.54, 1.807) is 43.6 Å². The summed E-state index contributed by atoms with van der Waals surface area (Å²) < 4.78 is 18.7. The number of hydrogen-bond acceptors (Lipinski definition) is 5. The van der Waals surface area contributed by atoms with E-state index in [0.717, 1.165) is 6.54 Å². The molecule has 0 aliphatic heterocycles. The number of benzene rings is 1. The maximum absolute atomic E-state index is 13.7. The molecule has 1 heterocycles. The van der Waals surface area contributed by atoms with Crippen LogP contribution < -0.4 is 16.0 Å². The van der Waals surface area contributed by atoms with Crippen molar-refractivity contribution in [2.24, 2.45) is 0 Å². The number of halogens is 3. The molecule has 6 nitrogen and oxygen atoms in total. The van der Waals surface area contributed by atoms with Crippen molar-refractivity contribution in [3.05, 3.63) is 54.0 Å². The molecule has 0 aliphatic rings. The number of carbonyl (C=O) groups is 1. The lowest BCUT2D eigenvalue weighted by Crippen LogP contribution is -2.33. The van der Waals surface area contributed by atoms with E-state index < -0.39 is 5.82 Å². The number of amides is 1. The summed E-state index contributed by atoms with van der Waals surface area (Å²) in [4.78, 5) is 16.4. The van der Waals surface area contributed by atoms with E-state index in [0.29, 0.717) is 31.1 Å². The third-order valence-corrected chi connectivity index (χ3v) is 3.25. The van der Waals surface area contributed by atoms with Crippen LogP contribution in [0.4, 0.5) is 15.9 Å². The van der Waals surface area contributed by atoms with Crippen molar-refractivity contribution in [2.45, 2.75) is 0 Å². The predicted molar refractivity (Wildman–Crippen MR) is 105 cm³/mol. The first-order valence-electron chi connectivity index (χ1n) is 7.67. The average molecular weight is 405 g/mol. The Morgan fingerprint density at radius 2 is 1.88 bits per heavy atom. The Morgan fingerprint density at radius 1 is 1.12 bits per heavy atom. The lowest BCUT2D eigenvalue weighted by Gasteiger charge is -2.12. The van der Waals surface area contributed by atoms with Gasteiger partial charge in [-0.2, -0.15) is 0 Å². The van der Waals surface area contributed by atoms with Gasteiger partial charge >= 0.3 is 0 Å². The molecule has 0 saturated carbocycles. The van der Waals surface area contributed by atoms with Crippen molar-refractivity contribution in [1.82, 2.24) is 15.6 Å². The summed E-state index contributed by atoms with van der Waals surface area (Å²) in [5, 5.41) is 8.80. The van der Waals surface area contributed by atoms with Gasteiger partial charge in [0.2, 0.25) is 0 Å². The lowest BCUT2D eigenvalue weighted by atomic mass is 10.2. The standard InChI is InChI=1S/C17H21FN4O2.2ClH/c1-24-12-11-19-9-10-21-17(23)13-5-4-8-20-16(13)22-15-7-3-2-6-14(15)18;;/h2-8,19H,9-12H2,1H3,(H,20,22)(H,21,23);2*1H. The quantitative estimate of drug-likeness (QED) is 0.560. The summed E-state index contributed by atoms with van der Waals surface area (Å²) in [6.07, 6.45) is 1.55. The minimum atomic E-state index is -0.406. The zero-order chi connectivity index (χ0) is 17.2. The second-order valence-corrected chi connectivity index (χ2v) is 5.00. The van der Waals surface area contributed by atoms with Crippen molar-refractivity contribution in [2.75, 3.05) is 38.7 Å². The molecule has 0 radical (unpaired) electrons. The molecule has 0 atom stereocenters. The van der Waals surface area contributed by atoms with E-state index in [2.05, 4.69) is 20.9 Å². The fourth-order valence-electron chi connectivity index (χ4n) is 2.04. The minimum Gasteiger partial charge on any atom is -0.383 e. The van der Waals surface area contributed by atoms with Crippen molar-refractivity contribution >= 4 is 42.2 Å². The van der Waals surface area contributed by atoms with Crippen LogP contribution in [0.3, 0.4) is 0 Å². The number of para-hydroxylation sites is 1. The molecule has 0 bridgehead atoms. The van der Waals surface area contributed by atoms with Crippen LogP contribution in [0.2, 0.25) is 0 Å². The maximum Gasteiger partial charge on any atom is 0.255 e. The Balaban J connectivity index is 0.00000312. The zero-order valence-corrected chi connectivity index (χ0v) is 16.0. The van der Waals surface area contributed by atoms with Gasteiger partial charge in [-0.05, 0) is 24.3 Å². The van der Waals surface area contributed by atoms with Crippen LogP contribution in [0.15, 0.2) is 42.6 Å². The van der Waals surface area contributed by atoms with Crippen LogP contribution in [0.5, 0.6) is 0 Å². The van der Waals surface area contributed by atoms with Crippen LogP contribution >= 0.6 is 24.8 Å². The summed E-state index contributed by atoms with van der Waals surface area (Å²) in [6.45, 7) is 2.44. The Hall–Kier alpha value is -1.93. The fourth-order valence-corrected chi connectivity index (χ4v) is 2.04. The Kier molecular flexibility index (Phi) is 12.3. The SMILES string of the molecule is COCCNCCNC(=O)c1cccnc1Nc1ccccc1F.Cl.Cl. The average Bonchev–Trinajstić information content (AvgIpc) is 2.60. The number of nitrogens with zero attached hydrogens (tertiary/aromatic N) is 1. The Bertz CT molecular complexity index is 677. The number of pyridine rings is 1. The molecule has 0 fully saturated rings. The molecule has 0 aliphatic carbocycles. The van der Waals surface area contributed by atoms with Gasteiger partial charge in [0.25, 0.3) is 5.91 Å². The molecule has 144 valence electrons. The highest BCUT2D eigenvalue weighted by atomic mass is 35.5. The van der Waals surface area contributed by atoms with Crippen molar-refractivity contribution in [3.8, 4) is 0 Å². The molecule has 26 heavy (non-hydrogen) atoms. The van der Waals surface area contributed by atoms with Crippen LogP contribution in [0, 0.1) is 5.82 Å². The highest BCUT2D eigenvalue weighted by Gasteiger charge is 2.13. The normalized spacial score (nSPS) is 9.62. The summed E-state index contributed by atoms with van der Waals surface area (Å²) in [5.74, 6) is -0.361. The van der Waals surface area contributed by atoms with E-state index in [9.17, 15) is 9.18 Å². The van der Waals surface area contributed by atoms with Gasteiger partial charge in [0.15, 0.2) is 0 Å². The number of aromatic nitrogens is 1. The fraction of sp³-hybridized carbons (Fsp3) is 0.294. The van der Waals surface area contributed by atoms with E-state index in [-0.39, 0.29) is 36.4 Å². The van der Waals surface area contributed by atoms with Gasteiger partial charge in [-0.15, -0.1) is 24.8 Å². The van der Waals surface area contributed by atoms with Crippen molar-refractivity contribution in [3.63, 3.8) is 0 Å². The van der Waals surface area contributed by atoms with Crippen molar-refractivity contribution in [1.29, 1.82) is 0 Å². The molecule has 9 heteroatoms. The van der Waals surface area contributed by atoms with E-state index in [1.807, 2.05) is 0 Å².